The molecule has 7 nitrogen and oxygen atoms in total. The third-order valence-corrected chi connectivity index (χ3v) is 6.02. The first-order chi connectivity index (χ1) is 16.3. The zero-order chi connectivity index (χ0) is 24.4. The fourth-order valence-electron chi connectivity index (χ4n) is 3.67. The molecule has 0 unspecified atom stereocenters. The van der Waals surface area contributed by atoms with Gasteiger partial charge in [0.15, 0.2) is 0 Å². The van der Waals surface area contributed by atoms with Gasteiger partial charge in [-0.1, -0.05) is 34.1 Å². The topological polar surface area (TPSA) is 79.3 Å². The van der Waals surface area contributed by atoms with Crippen LogP contribution in [0.3, 0.4) is 0 Å². The van der Waals surface area contributed by atoms with Gasteiger partial charge in [0, 0.05) is 59.6 Å². The first-order valence-corrected chi connectivity index (χ1v) is 11.4. The highest BCUT2D eigenvalue weighted by Gasteiger charge is 2.18. The minimum absolute atomic E-state index is 0.0461. The third kappa shape index (κ3) is 4.65. The molecule has 9 heteroatoms. The Bertz CT molecular complexity index is 1440. The number of para-hydroxylation sites is 1. The van der Waals surface area contributed by atoms with Crippen molar-refractivity contribution < 1.29 is 9.18 Å². The van der Waals surface area contributed by atoms with Gasteiger partial charge in [0.1, 0.15) is 11.6 Å². The fourth-order valence-corrected chi connectivity index (χ4v) is 4.20. The van der Waals surface area contributed by atoms with Crippen LogP contribution in [0.15, 0.2) is 70.1 Å². The molecule has 0 radical (unpaired) electrons. The summed E-state index contributed by atoms with van der Waals surface area (Å²) in [6.45, 7) is 2.34. The maximum absolute atomic E-state index is 14.7. The highest BCUT2D eigenvalue weighted by molar-refractivity contribution is 9.10. The number of carbonyl (C=O) groups is 1. The number of benzene rings is 2. The predicted octanol–water partition coefficient (Wildman–Crippen LogP) is 5.70. The van der Waals surface area contributed by atoms with Crippen LogP contribution in [0.2, 0.25) is 0 Å². The van der Waals surface area contributed by atoms with Gasteiger partial charge in [-0.15, -0.1) is 0 Å². The number of nitrogens with zero attached hydrogens (tertiary/aromatic N) is 3. The van der Waals surface area contributed by atoms with Crippen LogP contribution >= 0.6 is 15.9 Å². The number of rotatable bonds is 5. The van der Waals surface area contributed by atoms with E-state index in [4.69, 9.17) is 0 Å². The smallest absolute Gasteiger partial charge is 0.323 e. The third-order valence-electron chi connectivity index (χ3n) is 5.36. The first-order valence-electron chi connectivity index (χ1n) is 10.6. The van der Waals surface area contributed by atoms with E-state index >= 15 is 0 Å². The molecular formula is C25H23BrFN5O2. The first kappa shape index (κ1) is 23.4. The van der Waals surface area contributed by atoms with Gasteiger partial charge in [-0.3, -0.25) is 4.79 Å². The average Bonchev–Trinajstić information content (AvgIpc) is 2.81. The molecule has 0 aliphatic rings. The minimum Gasteiger partial charge on any atom is -0.363 e. The second-order valence-corrected chi connectivity index (χ2v) is 8.71. The number of fused-ring (bicyclic) bond motifs is 1. The molecule has 2 amide bonds. The molecule has 2 heterocycles. The van der Waals surface area contributed by atoms with E-state index < -0.39 is 11.8 Å². The van der Waals surface area contributed by atoms with Gasteiger partial charge in [-0.2, -0.15) is 0 Å². The van der Waals surface area contributed by atoms with E-state index in [1.165, 1.54) is 12.1 Å². The van der Waals surface area contributed by atoms with Gasteiger partial charge in [0.05, 0.1) is 11.2 Å². The number of aryl methyl sites for hydroxylation is 1. The van der Waals surface area contributed by atoms with Crippen molar-refractivity contribution in [1.82, 2.24) is 9.55 Å². The van der Waals surface area contributed by atoms with Gasteiger partial charge in [0.2, 0.25) is 0 Å². The molecule has 0 saturated carbocycles. The summed E-state index contributed by atoms with van der Waals surface area (Å²) >= 11 is 3.37. The molecule has 4 rings (SSSR count). The molecule has 0 saturated heterocycles. The lowest BCUT2D eigenvalue weighted by Crippen LogP contribution is -2.23. The lowest BCUT2D eigenvalue weighted by atomic mass is 10.0. The lowest BCUT2D eigenvalue weighted by molar-refractivity contribution is 0.262. The van der Waals surface area contributed by atoms with E-state index in [0.29, 0.717) is 27.8 Å². The summed E-state index contributed by atoms with van der Waals surface area (Å²) in [7, 11) is 3.77. The monoisotopic (exact) mass is 523 g/mol. The molecule has 0 aliphatic heterocycles. The molecule has 4 aromatic rings. The summed E-state index contributed by atoms with van der Waals surface area (Å²) in [5.41, 5.74) is 1.89. The number of aromatic nitrogens is 2. The Morgan fingerprint density at radius 3 is 2.50 bits per heavy atom. The molecule has 2 aromatic heterocycles. The van der Waals surface area contributed by atoms with Gasteiger partial charge < -0.3 is 20.1 Å². The van der Waals surface area contributed by atoms with Gasteiger partial charge >= 0.3 is 6.03 Å². The molecular weight excluding hydrogens is 501 g/mol. The number of hydrogen-bond donors (Lipinski definition) is 2. The van der Waals surface area contributed by atoms with Crippen LogP contribution in [-0.2, 0) is 6.54 Å². The zero-order valence-electron chi connectivity index (χ0n) is 18.9. The highest BCUT2D eigenvalue weighted by atomic mass is 79.9. The second kappa shape index (κ2) is 9.64. The van der Waals surface area contributed by atoms with Crippen molar-refractivity contribution in [2.75, 3.05) is 29.6 Å². The van der Waals surface area contributed by atoms with Gasteiger partial charge in [-0.05, 0) is 37.3 Å². The predicted molar refractivity (Wildman–Crippen MR) is 138 cm³/mol. The summed E-state index contributed by atoms with van der Waals surface area (Å²) in [5.74, 6) is 0.105. The number of urea groups is 1. The normalized spacial score (nSPS) is 10.9. The minimum atomic E-state index is -0.632. The summed E-state index contributed by atoms with van der Waals surface area (Å²) in [5, 5.41) is 5.95. The lowest BCUT2D eigenvalue weighted by Gasteiger charge is -2.16. The molecule has 0 atom stereocenters. The molecule has 2 N–H and O–H groups in total. The summed E-state index contributed by atoms with van der Waals surface area (Å²) in [6, 6.07) is 14.5. The van der Waals surface area contributed by atoms with E-state index in [9.17, 15) is 14.0 Å². The number of halogens is 2. The van der Waals surface area contributed by atoms with E-state index in [1.54, 1.807) is 41.1 Å². The van der Waals surface area contributed by atoms with Gasteiger partial charge in [0.25, 0.3) is 5.56 Å². The van der Waals surface area contributed by atoms with E-state index in [-0.39, 0.29) is 11.2 Å². The van der Waals surface area contributed by atoms with E-state index in [2.05, 4.69) is 31.5 Å². The summed E-state index contributed by atoms with van der Waals surface area (Å²) < 4.78 is 16.8. The number of pyridine rings is 2. The number of hydrogen-bond acceptors (Lipinski definition) is 4. The molecule has 34 heavy (non-hydrogen) atoms. The number of nitrogens with one attached hydrogen (secondary N) is 2. The van der Waals surface area contributed by atoms with Crippen molar-refractivity contribution >= 4 is 50.1 Å². The Labute approximate surface area is 204 Å². The summed E-state index contributed by atoms with van der Waals surface area (Å²) in [6.07, 6.45) is 1.71. The van der Waals surface area contributed by atoms with Crippen LogP contribution < -0.4 is 21.1 Å². The van der Waals surface area contributed by atoms with Crippen molar-refractivity contribution in [1.29, 1.82) is 0 Å². The van der Waals surface area contributed by atoms with Gasteiger partial charge in [-0.25, -0.2) is 14.2 Å². The quantitative estimate of drug-likeness (QED) is 0.352. The Morgan fingerprint density at radius 1 is 1.09 bits per heavy atom. The maximum Gasteiger partial charge on any atom is 0.323 e. The van der Waals surface area contributed by atoms with Crippen molar-refractivity contribution in [3.8, 4) is 11.1 Å². The SMILES string of the molecule is CCn1c(=O)c(-c2cc(NC(=O)Nc3ccccc3)c(F)cc2Br)cc2cnc(N(C)C)cc21. The maximum atomic E-state index is 14.7. The zero-order valence-corrected chi connectivity index (χ0v) is 20.5. The molecule has 0 spiro atoms. The fraction of sp³-hybridized carbons (Fsp3) is 0.160. The molecule has 2 aromatic carbocycles. The molecule has 0 aliphatic carbocycles. The number of carbonyl (C=O) groups excluding carboxylic acids is 1. The van der Waals surface area contributed by atoms with E-state index in [0.717, 1.165) is 16.7 Å². The van der Waals surface area contributed by atoms with Crippen molar-refractivity contribution in [2.45, 2.75) is 13.5 Å². The van der Waals surface area contributed by atoms with Crippen LogP contribution in [0.25, 0.3) is 22.0 Å². The Morgan fingerprint density at radius 2 is 1.82 bits per heavy atom. The Hall–Kier alpha value is -3.72. The average molecular weight is 524 g/mol. The molecule has 0 bridgehead atoms. The highest BCUT2D eigenvalue weighted by Crippen LogP contribution is 2.33. The van der Waals surface area contributed by atoms with Crippen molar-refractivity contribution in [2.24, 2.45) is 0 Å². The van der Waals surface area contributed by atoms with Crippen LogP contribution in [0.4, 0.5) is 26.4 Å². The summed E-state index contributed by atoms with van der Waals surface area (Å²) in [4.78, 5) is 32.2. The standard InChI is InChI=1S/C25H23BrFN5O2/c1-4-32-22-13-23(31(2)3)28-14-15(22)10-18(24(32)33)17-11-21(20(27)12-19(17)26)30-25(34)29-16-8-6-5-7-9-16/h5-14H,4H2,1-3H3,(H2,29,30,34). The number of anilines is 3. The largest absolute Gasteiger partial charge is 0.363 e. The molecule has 174 valence electrons. The van der Waals surface area contributed by atoms with Crippen LogP contribution in [0.1, 0.15) is 6.92 Å². The van der Waals surface area contributed by atoms with Crippen molar-refractivity contribution in [3.63, 3.8) is 0 Å². The van der Waals surface area contributed by atoms with Crippen LogP contribution in [-0.4, -0.2) is 29.7 Å². The van der Waals surface area contributed by atoms with Crippen LogP contribution in [0, 0.1) is 5.82 Å². The molecule has 0 fully saturated rings. The second-order valence-electron chi connectivity index (χ2n) is 7.86. The Balaban J connectivity index is 1.77. The van der Waals surface area contributed by atoms with Crippen molar-refractivity contribution in [3.05, 3.63) is 81.4 Å². The Kier molecular flexibility index (Phi) is 6.65. The van der Waals surface area contributed by atoms with Crippen LogP contribution in [0.5, 0.6) is 0 Å². The van der Waals surface area contributed by atoms with E-state index in [1.807, 2.05) is 38.1 Å². The number of amides is 2.